The van der Waals surface area contributed by atoms with Crippen LogP contribution in [-0.2, 0) is 0 Å². The number of rotatable bonds is 3. The largest absolute Gasteiger partial charge is 0.476 e. The zero-order chi connectivity index (χ0) is 12.1. The maximum absolute atomic E-state index is 5.94. The van der Waals surface area contributed by atoms with E-state index in [1.807, 2.05) is 13.0 Å². The lowest BCUT2D eigenvalue weighted by Crippen LogP contribution is -2.13. The molecule has 1 aromatic heterocycles. The van der Waals surface area contributed by atoms with Crippen LogP contribution in [0, 0.1) is 12.8 Å². The molecule has 0 unspecified atom stereocenters. The summed E-state index contributed by atoms with van der Waals surface area (Å²) in [5, 5.41) is 0. The summed E-state index contributed by atoms with van der Waals surface area (Å²) in [6, 6.07) is 1.91. The van der Waals surface area contributed by atoms with Crippen molar-refractivity contribution in [2.75, 3.05) is 12.3 Å². The first kappa shape index (κ1) is 12.2. The summed E-state index contributed by atoms with van der Waals surface area (Å²) in [6.45, 7) is 2.75. The van der Waals surface area contributed by atoms with Gasteiger partial charge in [-0.25, -0.2) is 4.98 Å². The third-order valence-electron chi connectivity index (χ3n) is 3.60. The van der Waals surface area contributed by atoms with E-state index in [0.29, 0.717) is 17.5 Å². The van der Waals surface area contributed by atoms with Gasteiger partial charge >= 0.3 is 0 Å². The van der Waals surface area contributed by atoms with Crippen LogP contribution in [-0.4, -0.2) is 11.6 Å². The van der Waals surface area contributed by atoms with Gasteiger partial charge in [0.25, 0.3) is 0 Å². The number of pyridine rings is 1. The summed E-state index contributed by atoms with van der Waals surface area (Å²) in [4.78, 5) is 4.20. The van der Waals surface area contributed by atoms with Crippen molar-refractivity contribution in [1.29, 1.82) is 0 Å². The Labute approximate surface area is 103 Å². The molecule has 0 saturated heterocycles. The molecule has 94 valence electrons. The third kappa shape index (κ3) is 3.35. The predicted molar refractivity (Wildman–Crippen MR) is 70.1 cm³/mol. The number of ether oxygens (including phenoxy) is 1. The monoisotopic (exact) mass is 234 g/mol. The Morgan fingerprint density at radius 2 is 2.00 bits per heavy atom. The molecule has 0 aliphatic heterocycles. The van der Waals surface area contributed by atoms with Crippen molar-refractivity contribution < 1.29 is 4.74 Å². The topological polar surface area (TPSA) is 48.1 Å². The van der Waals surface area contributed by atoms with Crippen LogP contribution in [0.3, 0.4) is 0 Å². The van der Waals surface area contributed by atoms with E-state index in [2.05, 4.69) is 4.98 Å². The predicted octanol–water partition coefficient (Wildman–Crippen LogP) is 3.32. The molecule has 0 spiro atoms. The van der Waals surface area contributed by atoms with E-state index in [9.17, 15) is 0 Å². The van der Waals surface area contributed by atoms with Crippen LogP contribution in [0.15, 0.2) is 12.3 Å². The van der Waals surface area contributed by atoms with Gasteiger partial charge in [0, 0.05) is 6.20 Å². The quantitative estimate of drug-likeness (QED) is 0.816. The van der Waals surface area contributed by atoms with Gasteiger partial charge in [0.15, 0.2) is 0 Å². The number of hydrogen-bond acceptors (Lipinski definition) is 3. The zero-order valence-electron chi connectivity index (χ0n) is 10.6. The summed E-state index contributed by atoms with van der Waals surface area (Å²) < 4.78 is 5.78. The molecule has 1 aliphatic carbocycles. The first-order valence-electron chi connectivity index (χ1n) is 6.61. The van der Waals surface area contributed by atoms with Gasteiger partial charge in [-0.15, -0.1) is 0 Å². The molecule has 0 amide bonds. The van der Waals surface area contributed by atoms with Gasteiger partial charge in [-0.1, -0.05) is 25.7 Å². The molecule has 0 aromatic carbocycles. The highest BCUT2D eigenvalue weighted by atomic mass is 16.5. The Morgan fingerprint density at radius 3 is 2.71 bits per heavy atom. The average Bonchev–Trinajstić information content (AvgIpc) is 2.59. The first-order chi connectivity index (χ1) is 8.27. The summed E-state index contributed by atoms with van der Waals surface area (Å²) in [7, 11) is 0. The lowest BCUT2D eigenvalue weighted by atomic mass is 10.0. The van der Waals surface area contributed by atoms with E-state index in [1.165, 1.54) is 38.5 Å². The molecule has 2 N–H and O–H groups in total. The highest BCUT2D eigenvalue weighted by molar-refractivity contribution is 5.53. The fourth-order valence-corrected chi connectivity index (χ4v) is 2.39. The minimum Gasteiger partial charge on any atom is -0.476 e. The Kier molecular flexibility index (Phi) is 4.24. The molecule has 2 rings (SSSR count). The molecule has 1 saturated carbocycles. The zero-order valence-corrected chi connectivity index (χ0v) is 10.6. The number of aromatic nitrogens is 1. The van der Waals surface area contributed by atoms with E-state index in [1.54, 1.807) is 6.20 Å². The van der Waals surface area contributed by atoms with Crippen molar-refractivity contribution >= 4 is 5.69 Å². The minimum atomic E-state index is 0.606. The lowest BCUT2D eigenvalue weighted by Gasteiger charge is -2.15. The first-order valence-corrected chi connectivity index (χ1v) is 6.61. The second kappa shape index (κ2) is 5.89. The SMILES string of the molecule is Cc1ccnc(OCC2CCCCCC2)c1N. The van der Waals surface area contributed by atoms with Gasteiger partial charge in [-0.05, 0) is 37.3 Å². The number of hydrogen-bond donors (Lipinski definition) is 1. The van der Waals surface area contributed by atoms with E-state index < -0.39 is 0 Å². The normalized spacial score (nSPS) is 17.7. The molecule has 3 nitrogen and oxygen atoms in total. The highest BCUT2D eigenvalue weighted by Gasteiger charge is 2.14. The molecular weight excluding hydrogens is 212 g/mol. The molecule has 17 heavy (non-hydrogen) atoms. The smallest absolute Gasteiger partial charge is 0.237 e. The number of nitrogens with two attached hydrogens (primary N) is 1. The van der Waals surface area contributed by atoms with Crippen molar-refractivity contribution in [3.05, 3.63) is 17.8 Å². The van der Waals surface area contributed by atoms with Crippen LogP contribution in [0.25, 0.3) is 0 Å². The Bertz CT molecular complexity index is 357. The lowest BCUT2D eigenvalue weighted by molar-refractivity contribution is 0.227. The molecule has 0 radical (unpaired) electrons. The van der Waals surface area contributed by atoms with Crippen molar-refractivity contribution in [3.63, 3.8) is 0 Å². The third-order valence-corrected chi connectivity index (χ3v) is 3.60. The number of nitrogens with zero attached hydrogens (tertiary/aromatic N) is 1. The number of nitrogen functional groups attached to an aromatic ring is 1. The van der Waals surface area contributed by atoms with Crippen LogP contribution in [0.5, 0.6) is 5.88 Å². The standard InChI is InChI=1S/C14H22N2O/c1-11-8-9-16-14(13(11)15)17-10-12-6-4-2-3-5-7-12/h8-9,12H,2-7,10,15H2,1H3. The van der Waals surface area contributed by atoms with Crippen molar-refractivity contribution in [2.45, 2.75) is 45.4 Å². The summed E-state index contributed by atoms with van der Waals surface area (Å²) in [5.74, 6) is 1.29. The van der Waals surface area contributed by atoms with Crippen LogP contribution in [0.4, 0.5) is 5.69 Å². The van der Waals surface area contributed by atoms with E-state index in [-0.39, 0.29) is 0 Å². The molecule has 1 fully saturated rings. The Morgan fingerprint density at radius 1 is 1.29 bits per heavy atom. The van der Waals surface area contributed by atoms with Crippen LogP contribution in [0.2, 0.25) is 0 Å². The number of anilines is 1. The second-order valence-corrected chi connectivity index (χ2v) is 5.02. The molecule has 0 bridgehead atoms. The van der Waals surface area contributed by atoms with Crippen molar-refractivity contribution in [1.82, 2.24) is 4.98 Å². The summed E-state index contributed by atoms with van der Waals surface area (Å²) in [6.07, 6.45) is 9.75. The molecule has 1 aliphatic rings. The van der Waals surface area contributed by atoms with Crippen LogP contribution >= 0.6 is 0 Å². The Hall–Kier alpha value is -1.25. The number of aryl methyl sites for hydroxylation is 1. The molecule has 3 heteroatoms. The van der Waals surface area contributed by atoms with Gasteiger partial charge in [0.1, 0.15) is 0 Å². The molecule has 1 heterocycles. The van der Waals surface area contributed by atoms with Crippen LogP contribution in [0.1, 0.15) is 44.1 Å². The average molecular weight is 234 g/mol. The maximum atomic E-state index is 5.94. The molecular formula is C14H22N2O. The van der Waals surface area contributed by atoms with Gasteiger partial charge in [0.05, 0.1) is 12.3 Å². The Balaban J connectivity index is 1.90. The summed E-state index contributed by atoms with van der Waals surface area (Å²) >= 11 is 0. The van der Waals surface area contributed by atoms with Crippen LogP contribution < -0.4 is 10.5 Å². The van der Waals surface area contributed by atoms with Gasteiger partial charge < -0.3 is 10.5 Å². The van der Waals surface area contributed by atoms with Gasteiger partial charge in [-0.2, -0.15) is 0 Å². The van der Waals surface area contributed by atoms with E-state index >= 15 is 0 Å². The summed E-state index contributed by atoms with van der Waals surface area (Å²) in [5.41, 5.74) is 7.66. The fourth-order valence-electron chi connectivity index (χ4n) is 2.39. The van der Waals surface area contributed by atoms with Crippen molar-refractivity contribution in [3.8, 4) is 5.88 Å². The second-order valence-electron chi connectivity index (χ2n) is 5.02. The van der Waals surface area contributed by atoms with Crippen molar-refractivity contribution in [2.24, 2.45) is 5.92 Å². The van der Waals surface area contributed by atoms with Gasteiger partial charge in [0.2, 0.25) is 5.88 Å². The molecule has 1 aromatic rings. The maximum Gasteiger partial charge on any atom is 0.237 e. The molecule has 0 atom stereocenters. The minimum absolute atomic E-state index is 0.606. The van der Waals surface area contributed by atoms with Gasteiger partial charge in [-0.3, -0.25) is 0 Å². The fraction of sp³-hybridized carbons (Fsp3) is 0.643. The van der Waals surface area contributed by atoms with E-state index in [4.69, 9.17) is 10.5 Å². The van der Waals surface area contributed by atoms with E-state index in [0.717, 1.165) is 12.2 Å². The highest BCUT2D eigenvalue weighted by Crippen LogP contribution is 2.26.